The van der Waals surface area contributed by atoms with Gasteiger partial charge in [-0.15, -0.1) is 0 Å². The van der Waals surface area contributed by atoms with Crippen molar-refractivity contribution in [2.24, 2.45) is 0 Å². The standard InChI is InChI=1S/C29H29FO4/c1-5-25(31)27-24-18-23(14-15-26(24)34-28(27)19-6-10-21(30)11-7-19)33-17-16-32-22-12-8-20(9-13-22)29(2,3)4/h6-15,18H,5,16-17H2,1-4H3. The van der Waals surface area contributed by atoms with Gasteiger partial charge in [0.25, 0.3) is 0 Å². The van der Waals surface area contributed by atoms with Gasteiger partial charge in [-0.3, -0.25) is 4.79 Å². The van der Waals surface area contributed by atoms with Crippen molar-refractivity contribution in [3.05, 3.63) is 83.7 Å². The highest BCUT2D eigenvalue weighted by molar-refractivity contribution is 6.12. The first-order valence-electron chi connectivity index (χ1n) is 11.5. The molecule has 4 aromatic rings. The predicted molar refractivity (Wildman–Crippen MR) is 132 cm³/mol. The molecule has 176 valence electrons. The van der Waals surface area contributed by atoms with Crippen molar-refractivity contribution in [3.8, 4) is 22.8 Å². The number of hydrogen-bond acceptors (Lipinski definition) is 4. The predicted octanol–water partition coefficient (Wildman–Crippen LogP) is 7.59. The summed E-state index contributed by atoms with van der Waals surface area (Å²) in [7, 11) is 0. The normalized spacial score (nSPS) is 11.6. The van der Waals surface area contributed by atoms with Crippen molar-refractivity contribution in [1.82, 2.24) is 0 Å². The summed E-state index contributed by atoms with van der Waals surface area (Å²) < 4.78 is 31.1. The van der Waals surface area contributed by atoms with Crippen molar-refractivity contribution in [2.45, 2.75) is 39.5 Å². The van der Waals surface area contributed by atoms with E-state index in [1.807, 2.05) is 18.2 Å². The van der Waals surface area contributed by atoms with Gasteiger partial charge in [-0.25, -0.2) is 4.39 Å². The molecule has 0 atom stereocenters. The minimum Gasteiger partial charge on any atom is -0.490 e. The van der Waals surface area contributed by atoms with E-state index in [0.717, 1.165) is 5.75 Å². The highest BCUT2D eigenvalue weighted by Crippen LogP contribution is 2.36. The second-order valence-corrected chi connectivity index (χ2v) is 9.22. The maximum absolute atomic E-state index is 13.4. The number of hydrogen-bond donors (Lipinski definition) is 0. The average molecular weight is 461 g/mol. The Morgan fingerprint density at radius 3 is 2.12 bits per heavy atom. The molecule has 0 radical (unpaired) electrons. The third kappa shape index (κ3) is 5.14. The Labute approximate surface area is 199 Å². The number of benzene rings is 3. The van der Waals surface area contributed by atoms with E-state index in [2.05, 4.69) is 32.9 Å². The van der Waals surface area contributed by atoms with Gasteiger partial charge in [-0.1, -0.05) is 39.8 Å². The fourth-order valence-corrected chi connectivity index (χ4v) is 3.79. The fourth-order valence-electron chi connectivity index (χ4n) is 3.79. The molecule has 0 saturated carbocycles. The topological polar surface area (TPSA) is 48.7 Å². The number of halogens is 1. The molecule has 0 unspecified atom stereocenters. The van der Waals surface area contributed by atoms with E-state index in [9.17, 15) is 9.18 Å². The third-order valence-electron chi connectivity index (χ3n) is 5.71. The van der Waals surface area contributed by atoms with Gasteiger partial charge in [0.2, 0.25) is 0 Å². The summed E-state index contributed by atoms with van der Waals surface area (Å²) in [5.41, 5.74) is 3.08. The van der Waals surface area contributed by atoms with Crippen LogP contribution < -0.4 is 9.47 Å². The van der Waals surface area contributed by atoms with Crippen LogP contribution in [0.15, 0.2) is 71.1 Å². The first-order chi connectivity index (χ1) is 16.3. The molecule has 4 nitrogen and oxygen atoms in total. The van der Waals surface area contributed by atoms with Gasteiger partial charge in [0.1, 0.15) is 41.9 Å². The quantitative estimate of drug-likeness (QED) is 0.201. The zero-order chi connectivity index (χ0) is 24.3. The van der Waals surface area contributed by atoms with Crippen molar-refractivity contribution < 1.29 is 23.1 Å². The highest BCUT2D eigenvalue weighted by atomic mass is 19.1. The molecule has 0 spiro atoms. The highest BCUT2D eigenvalue weighted by Gasteiger charge is 2.21. The summed E-state index contributed by atoms with van der Waals surface area (Å²) in [6.45, 7) is 9.08. The molecular weight excluding hydrogens is 431 g/mol. The van der Waals surface area contributed by atoms with Crippen LogP contribution in [-0.4, -0.2) is 19.0 Å². The van der Waals surface area contributed by atoms with E-state index in [1.54, 1.807) is 31.2 Å². The molecule has 0 N–H and O–H groups in total. The van der Waals surface area contributed by atoms with Crippen molar-refractivity contribution >= 4 is 16.8 Å². The lowest BCUT2D eigenvalue weighted by Crippen LogP contribution is -2.11. The number of Topliss-reactive ketones (excluding diaryl/α,β-unsaturated/α-hetero) is 1. The molecule has 5 heteroatoms. The first kappa shape index (κ1) is 23.6. The van der Waals surface area contributed by atoms with E-state index in [4.69, 9.17) is 13.9 Å². The SMILES string of the molecule is CCC(=O)c1c(-c2ccc(F)cc2)oc2ccc(OCCOc3ccc(C(C)(C)C)cc3)cc12. The lowest BCUT2D eigenvalue weighted by molar-refractivity contribution is 0.0989. The molecule has 0 aliphatic carbocycles. The number of ketones is 1. The Morgan fingerprint density at radius 1 is 0.882 bits per heavy atom. The molecule has 0 fully saturated rings. The fraction of sp³-hybridized carbons (Fsp3) is 0.276. The second-order valence-electron chi connectivity index (χ2n) is 9.22. The van der Waals surface area contributed by atoms with Crippen LogP contribution >= 0.6 is 0 Å². The largest absolute Gasteiger partial charge is 0.490 e. The van der Waals surface area contributed by atoms with E-state index < -0.39 is 0 Å². The van der Waals surface area contributed by atoms with Gasteiger partial charge in [-0.2, -0.15) is 0 Å². The molecule has 34 heavy (non-hydrogen) atoms. The maximum atomic E-state index is 13.4. The number of furan rings is 1. The molecule has 0 aliphatic heterocycles. The molecule has 1 heterocycles. The van der Waals surface area contributed by atoms with Gasteiger partial charge in [0.05, 0.1) is 5.56 Å². The zero-order valence-electron chi connectivity index (χ0n) is 20.0. The maximum Gasteiger partial charge on any atom is 0.167 e. The van der Waals surface area contributed by atoms with E-state index in [0.29, 0.717) is 53.2 Å². The molecule has 0 amide bonds. The number of fused-ring (bicyclic) bond motifs is 1. The molecule has 0 bridgehead atoms. The van der Waals surface area contributed by atoms with Crippen LogP contribution in [0.25, 0.3) is 22.3 Å². The smallest absolute Gasteiger partial charge is 0.167 e. The van der Waals surface area contributed by atoms with Gasteiger partial charge in [-0.05, 0) is 65.6 Å². The minimum atomic E-state index is -0.341. The van der Waals surface area contributed by atoms with Crippen LogP contribution in [0.3, 0.4) is 0 Å². The summed E-state index contributed by atoms with van der Waals surface area (Å²) in [5.74, 6) is 1.47. The summed E-state index contributed by atoms with van der Waals surface area (Å²) in [5, 5.41) is 0.683. The minimum absolute atomic E-state index is 0.0442. The van der Waals surface area contributed by atoms with Gasteiger partial charge < -0.3 is 13.9 Å². The molecule has 0 aliphatic rings. The van der Waals surface area contributed by atoms with Crippen LogP contribution in [0, 0.1) is 5.82 Å². The summed E-state index contributed by atoms with van der Waals surface area (Å²) >= 11 is 0. The van der Waals surface area contributed by atoms with Crippen LogP contribution in [0.1, 0.15) is 50.0 Å². The zero-order valence-corrected chi connectivity index (χ0v) is 20.0. The monoisotopic (exact) mass is 460 g/mol. The van der Waals surface area contributed by atoms with Crippen molar-refractivity contribution in [1.29, 1.82) is 0 Å². The van der Waals surface area contributed by atoms with E-state index in [1.165, 1.54) is 17.7 Å². The average Bonchev–Trinajstić information content (AvgIpc) is 3.20. The van der Waals surface area contributed by atoms with Crippen LogP contribution in [0.5, 0.6) is 11.5 Å². The second kappa shape index (κ2) is 9.72. The Balaban J connectivity index is 1.48. The third-order valence-corrected chi connectivity index (χ3v) is 5.71. The summed E-state index contributed by atoms with van der Waals surface area (Å²) in [4.78, 5) is 12.8. The van der Waals surface area contributed by atoms with Crippen LogP contribution in [0.2, 0.25) is 0 Å². The van der Waals surface area contributed by atoms with E-state index >= 15 is 0 Å². The summed E-state index contributed by atoms with van der Waals surface area (Å²) in [6.07, 6.45) is 0.329. The first-order valence-corrected chi connectivity index (χ1v) is 11.5. The number of carbonyl (C=O) groups is 1. The Bertz CT molecular complexity index is 1280. The van der Waals surface area contributed by atoms with Gasteiger partial charge >= 0.3 is 0 Å². The Hall–Kier alpha value is -3.60. The molecular formula is C29H29FO4. The molecule has 0 saturated heterocycles. The molecule has 4 rings (SSSR count). The van der Waals surface area contributed by atoms with Crippen molar-refractivity contribution in [2.75, 3.05) is 13.2 Å². The van der Waals surface area contributed by atoms with Crippen molar-refractivity contribution in [3.63, 3.8) is 0 Å². The van der Waals surface area contributed by atoms with Crippen LogP contribution in [-0.2, 0) is 5.41 Å². The van der Waals surface area contributed by atoms with Crippen LogP contribution in [0.4, 0.5) is 4.39 Å². The molecule has 3 aromatic carbocycles. The van der Waals surface area contributed by atoms with Gasteiger partial charge in [0.15, 0.2) is 5.78 Å². The number of rotatable bonds is 8. The molecule has 1 aromatic heterocycles. The summed E-state index contributed by atoms with van der Waals surface area (Å²) in [6, 6.07) is 19.4. The lowest BCUT2D eigenvalue weighted by atomic mass is 9.87. The number of carbonyl (C=O) groups excluding carboxylic acids is 1. The lowest BCUT2D eigenvalue weighted by Gasteiger charge is -2.19. The van der Waals surface area contributed by atoms with Gasteiger partial charge in [0, 0.05) is 17.4 Å². The van der Waals surface area contributed by atoms with E-state index in [-0.39, 0.29) is 17.0 Å². The number of ether oxygens (including phenoxy) is 2. The Morgan fingerprint density at radius 2 is 1.50 bits per heavy atom. The Kier molecular flexibility index (Phi) is 6.73.